The number of hydrogen-bond donors (Lipinski definition) is 0. The van der Waals surface area contributed by atoms with Crippen molar-refractivity contribution < 1.29 is 14.3 Å². The maximum absolute atomic E-state index is 11.7. The average molecular weight is 211 g/mol. The number of aryl methyl sites for hydroxylation is 1. The fraction of sp³-hybridized carbons (Fsp3) is 0.545. The van der Waals surface area contributed by atoms with E-state index in [4.69, 9.17) is 9.47 Å². The van der Waals surface area contributed by atoms with Gasteiger partial charge in [0.2, 0.25) is 5.88 Å². The van der Waals surface area contributed by atoms with Gasteiger partial charge < -0.3 is 14.0 Å². The molecule has 0 saturated carbocycles. The van der Waals surface area contributed by atoms with Crippen LogP contribution in [0.5, 0.6) is 5.88 Å². The predicted molar refractivity (Wildman–Crippen MR) is 57.1 cm³/mol. The average Bonchev–Trinajstić information content (AvgIpc) is 2.43. The molecular weight excluding hydrogens is 194 g/mol. The van der Waals surface area contributed by atoms with E-state index in [1.165, 1.54) is 7.11 Å². The quantitative estimate of drug-likeness (QED) is 0.702. The standard InChI is InChI=1S/C11H17NO3/c1-11(2,3)15-10(13)8-6-7-12(4)9(8)14-5/h6-7H,1-5H3. The number of hydrogen-bond acceptors (Lipinski definition) is 3. The lowest BCUT2D eigenvalue weighted by atomic mass is 10.2. The zero-order chi connectivity index (χ0) is 11.6. The van der Waals surface area contributed by atoms with Crippen molar-refractivity contribution in [2.24, 2.45) is 7.05 Å². The predicted octanol–water partition coefficient (Wildman–Crippen LogP) is 1.99. The van der Waals surface area contributed by atoms with Gasteiger partial charge in [0.1, 0.15) is 11.2 Å². The summed E-state index contributed by atoms with van der Waals surface area (Å²) in [5.74, 6) is 0.157. The molecule has 0 aliphatic heterocycles. The molecule has 0 aliphatic rings. The van der Waals surface area contributed by atoms with Crippen LogP contribution in [0.25, 0.3) is 0 Å². The van der Waals surface area contributed by atoms with E-state index in [9.17, 15) is 4.79 Å². The van der Waals surface area contributed by atoms with E-state index < -0.39 is 5.60 Å². The van der Waals surface area contributed by atoms with Crippen molar-refractivity contribution in [3.63, 3.8) is 0 Å². The third-order valence-corrected chi connectivity index (χ3v) is 1.83. The SMILES string of the molecule is COc1c(C(=O)OC(C)(C)C)ccn1C. The van der Waals surface area contributed by atoms with Gasteiger partial charge in [0.05, 0.1) is 7.11 Å². The first kappa shape index (κ1) is 11.6. The first-order chi connectivity index (χ1) is 6.85. The lowest BCUT2D eigenvalue weighted by molar-refractivity contribution is 0.00663. The fourth-order valence-electron chi connectivity index (χ4n) is 1.26. The normalized spacial score (nSPS) is 11.3. The van der Waals surface area contributed by atoms with Crippen molar-refractivity contribution >= 4 is 5.97 Å². The Bertz CT molecular complexity index is 360. The van der Waals surface area contributed by atoms with E-state index in [1.54, 1.807) is 16.8 Å². The van der Waals surface area contributed by atoms with Crippen molar-refractivity contribution in [2.75, 3.05) is 7.11 Å². The molecule has 0 aromatic carbocycles. The molecule has 0 aliphatic carbocycles. The Morgan fingerprint density at radius 3 is 2.47 bits per heavy atom. The fourth-order valence-corrected chi connectivity index (χ4v) is 1.26. The zero-order valence-corrected chi connectivity index (χ0v) is 9.83. The second-order valence-corrected chi connectivity index (χ2v) is 4.35. The van der Waals surface area contributed by atoms with E-state index in [2.05, 4.69) is 0 Å². The Labute approximate surface area is 89.8 Å². The van der Waals surface area contributed by atoms with Crippen LogP contribution >= 0.6 is 0 Å². The topological polar surface area (TPSA) is 40.5 Å². The summed E-state index contributed by atoms with van der Waals surface area (Å²) in [6, 6.07) is 1.69. The molecule has 1 rings (SSSR count). The van der Waals surface area contributed by atoms with Gasteiger partial charge in [-0.1, -0.05) is 0 Å². The highest BCUT2D eigenvalue weighted by Crippen LogP contribution is 2.21. The van der Waals surface area contributed by atoms with E-state index in [0.717, 1.165) is 0 Å². The first-order valence-corrected chi connectivity index (χ1v) is 4.78. The third-order valence-electron chi connectivity index (χ3n) is 1.83. The molecule has 0 radical (unpaired) electrons. The molecule has 1 heterocycles. The molecule has 0 spiro atoms. The molecule has 0 bridgehead atoms. The molecule has 4 nitrogen and oxygen atoms in total. The number of carbonyl (C=O) groups is 1. The van der Waals surface area contributed by atoms with Crippen molar-refractivity contribution in [1.82, 2.24) is 4.57 Å². The molecule has 0 amide bonds. The van der Waals surface area contributed by atoms with Crippen molar-refractivity contribution in [3.05, 3.63) is 17.8 Å². The molecule has 84 valence electrons. The summed E-state index contributed by atoms with van der Waals surface area (Å²) in [6.45, 7) is 5.50. The molecule has 0 atom stereocenters. The Balaban J connectivity index is 2.92. The van der Waals surface area contributed by atoms with Gasteiger partial charge >= 0.3 is 5.97 Å². The number of aromatic nitrogens is 1. The minimum atomic E-state index is -0.488. The Kier molecular flexibility index (Phi) is 3.07. The van der Waals surface area contributed by atoms with Crippen LogP contribution < -0.4 is 4.74 Å². The van der Waals surface area contributed by atoms with Gasteiger partial charge in [-0.3, -0.25) is 0 Å². The smallest absolute Gasteiger partial charge is 0.344 e. The molecule has 0 fully saturated rings. The van der Waals surface area contributed by atoms with E-state index in [-0.39, 0.29) is 5.97 Å². The summed E-state index contributed by atoms with van der Waals surface area (Å²) in [4.78, 5) is 11.7. The number of rotatable bonds is 2. The summed E-state index contributed by atoms with van der Waals surface area (Å²) in [6.07, 6.45) is 1.76. The number of nitrogens with zero attached hydrogens (tertiary/aromatic N) is 1. The second-order valence-electron chi connectivity index (χ2n) is 4.35. The molecule has 1 aromatic rings. The van der Waals surface area contributed by atoms with Gasteiger partial charge in [-0.25, -0.2) is 4.79 Å². The summed E-state index contributed by atoms with van der Waals surface area (Å²) < 4.78 is 12.1. The molecule has 0 unspecified atom stereocenters. The van der Waals surface area contributed by atoms with Gasteiger partial charge in [-0.05, 0) is 26.8 Å². The van der Waals surface area contributed by atoms with Gasteiger partial charge in [0.15, 0.2) is 0 Å². The van der Waals surface area contributed by atoms with Crippen LogP contribution in [0.15, 0.2) is 12.3 Å². The monoisotopic (exact) mass is 211 g/mol. The molecule has 15 heavy (non-hydrogen) atoms. The summed E-state index contributed by atoms with van der Waals surface area (Å²) in [5, 5.41) is 0. The van der Waals surface area contributed by atoms with Gasteiger partial charge in [0.25, 0.3) is 0 Å². The lowest BCUT2D eigenvalue weighted by Crippen LogP contribution is -2.24. The molecule has 1 aromatic heterocycles. The highest BCUT2D eigenvalue weighted by Gasteiger charge is 2.22. The zero-order valence-electron chi connectivity index (χ0n) is 9.83. The minimum Gasteiger partial charge on any atom is -0.482 e. The highest BCUT2D eigenvalue weighted by atomic mass is 16.6. The summed E-state index contributed by atoms with van der Waals surface area (Å²) >= 11 is 0. The van der Waals surface area contributed by atoms with Gasteiger partial charge in [-0.2, -0.15) is 0 Å². The van der Waals surface area contributed by atoms with Crippen LogP contribution in [0.2, 0.25) is 0 Å². The Morgan fingerprint density at radius 1 is 1.40 bits per heavy atom. The largest absolute Gasteiger partial charge is 0.482 e. The Morgan fingerprint density at radius 2 is 2.00 bits per heavy atom. The molecule has 4 heteroatoms. The maximum Gasteiger partial charge on any atom is 0.344 e. The van der Waals surface area contributed by atoms with Crippen LogP contribution in [0, 0.1) is 0 Å². The van der Waals surface area contributed by atoms with Crippen LogP contribution in [0.3, 0.4) is 0 Å². The lowest BCUT2D eigenvalue weighted by Gasteiger charge is -2.19. The van der Waals surface area contributed by atoms with Gasteiger partial charge in [-0.15, -0.1) is 0 Å². The van der Waals surface area contributed by atoms with E-state index in [1.807, 2.05) is 27.8 Å². The van der Waals surface area contributed by atoms with Crippen LogP contribution in [-0.2, 0) is 11.8 Å². The third kappa shape index (κ3) is 2.75. The van der Waals surface area contributed by atoms with Crippen LogP contribution in [0.4, 0.5) is 0 Å². The first-order valence-electron chi connectivity index (χ1n) is 4.78. The highest BCUT2D eigenvalue weighted by molar-refractivity contribution is 5.92. The number of ether oxygens (including phenoxy) is 2. The van der Waals surface area contributed by atoms with Crippen LogP contribution in [0.1, 0.15) is 31.1 Å². The maximum atomic E-state index is 11.7. The number of methoxy groups -OCH3 is 1. The summed E-state index contributed by atoms with van der Waals surface area (Å²) in [7, 11) is 3.34. The summed E-state index contributed by atoms with van der Waals surface area (Å²) in [5.41, 5.74) is -0.0345. The molecule has 0 N–H and O–H groups in total. The van der Waals surface area contributed by atoms with Crippen molar-refractivity contribution in [3.8, 4) is 5.88 Å². The number of esters is 1. The second kappa shape index (κ2) is 3.96. The minimum absolute atomic E-state index is 0.361. The Hall–Kier alpha value is -1.45. The van der Waals surface area contributed by atoms with Gasteiger partial charge in [0, 0.05) is 13.2 Å². The van der Waals surface area contributed by atoms with Crippen molar-refractivity contribution in [2.45, 2.75) is 26.4 Å². The van der Waals surface area contributed by atoms with Crippen molar-refractivity contribution in [1.29, 1.82) is 0 Å². The van der Waals surface area contributed by atoms with E-state index >= 15 is 0 Å². The van der Waals surface area contributed by atoms with Crippen LogP contribution in [-0.4, -0.2) is 23.2 Å². The number of carbonyl (C=O) groups excluding carboxylic acids is 1. The molecular formula is C11H17NO3. The molecule has 0 saturated heterocycles. The van der Waals surface area contributed by atoms with E-state index in [0.29, 0.717) is 11.4 Å².